The van der Waals surface area contributed by atoms with Gasteiger partial charge in [0.2, 0.25) is 11.8 Å². The summed E-state index contributed by atoms with van der Waals surface area (Å²) < 4.78 is 5.79. The first-order valence-electron chi connectivity index (χ1n) is 10.0. The average molecular weight is 400 g/mol. The van der Waals surface area contributed by atoms with Gasteiger partial charge in [-0.25, -0.2) is 4.98 Å². The number of hydrogen-bond acceptors (Lipinski definition) is 4. The Bertz CT molecular complexity index is 836. The standard InChI is InChI=1S/C22H33N5O2/c1-7-15(2)20(28)27-17-10-8-9-16(11-17)12-25-21(23-6)26-14-19-24-13-18(29-19)22(3,4)5/h8-11,13,15H,7,12,14H2,1-6H3,(H,27,28)(H2,23,25,26). The van der Waals surface area contributed by atoms with Gasteiger partial charge in [-0.3, -0.25) is 9.79 Å². The van der Waals surface area contributed by atoms with Crippen LogP contribution in [0.15, 0.2) is 39.9 Å². The summed E-state index contributed by atoms with van der Waals surface area (Å²) in [5.41, 5.74) is 1.77. The number of anilines is 1. The summed E-state index contributed by atoms with van der Waals surface area (Å²) in [4.78, 5) is 20.6. The molecule has 29 heavy (non-hydrogen) atoms. The lowest BCUT2D eigenvalue weighted by molar-refractivity contribution is -0.119. The molecule has 1 unspecified atom stereocenters. The lowest BCUT2D eigenvalue weighted by Crippen LogP contribution is -2.36. The van der Waals surface area contributed by atoms with Crippen molar-refractivity contribution in [2.75, 3.05) is 12.4 Å². The SMILES string of the molecule is CCC(C)C(=O)Nc1cccc(CNC(=NC)NCc2ncc(C(C)(C)C)o2)c1. The van der Waals surface area contributed by atoms with Crippen molar-refractivity contribution >= 4 is 17.6 Å². The Hall–Kier alpha value is -2.83. The van der Waals surface area contributed by atoms with Crippen LogP contribution >= 0.6 is 0 Å². The molecule has 0 radical (unpaired) electrons. The van der Waals surface area contributed by atoms with Gasteiger partial charge < -0.3 is 20.4 Å². The molecule has 3 N–H and O–H groups in total. The Morgan fingerprint density at radius 1 is 1.24 bits per heavy atom. The van der Waals surface area contributed by atoms with Crippen LogP contribution in [-0.2, 0) is 23.3 Å². The number of guanidine groups is 1. The predicted molar refractivity (Wildman–Crippen MR) is 117 cm³/mol. The molecule has 158 valence electrons. The summed E-state index contributed by atoms with van der Waals surface area (Å²) in [5.74, 6) is 2.15. The third-order valence-electron chi connectivity index (χ3n) is 4.64. The number of aromatic nitrogens is 1. The molecule has 0 aliphatic heterocycles. The van der Waals surface area contributed by atoms with Gasteiger partial charge in [0.25, 0.3) is 0 Å². The molecule has 1 atom stereocenters. The highest BCUT2D eigenvalue weighted by molar-refractivity contribution is 5.92. The molecule has 0 saturated carbocycles. The summed E-state index contributed by atoms with van der Waals surface area (Å²) in [6.45, 7) is 11.2. The fourth-order valence-electron chi connectivity index (χ4n) is 2.51. The first-order valence-corrected chi connectivity index (χ1v) is 10.0. The molecule has 1 aromatic heterocycles. The van der Waals surface area contributed by atoms with E-state index in [2.05, 4.69) is 46.7 Å². The Balaban J connectivity index is 1.88. The minimum atomic E-state index is -0.0689. The molecule has 0 saturated heterocycles. The minimum Gasteiger partial charge on any atom is -0.443 e. The van der Waals surface area contributed by atoms with E-state index >= 15 is 0 Å². The van der Waals surface area contributed by atoms with E-state index in [-0.39, 0.29) is 17.2 Å². The molecule has 1 heterocycles. The molecular weight excluding hydrogens is 366 g/mol. The van der Waals surface area contributed by atoms with Gasteiger partial charge in [0.05, 0.1) is 12.7 Å². The fraction of sp³-hybridized carbons (Fsp3) is 0.500. The fourth-order valence-corrected chi connectivity index (χ4v) is 2.51. The van der Waals surface area contributed by atoms with E-state index in [1.54, 1.807) is 13.2 Å². The molecule has 0 aliphatic carbocycles. The lowest BCUT2D eigenvalue weighted by atomic mass is 9.94. The molecule has 0 bridgehead atoms. The number of benzene rings is 1. The maximum Gasteiger partial charge on any atom is 0.227 e. The minimum absolute atomic E-state index is 0.00572. The summed E-state index contributed by atoms with van der Waals surface area (Å²) in [5, 5.41) is 9.43. The van der Waals surface area contributed by atoms with Gasteiger partial charge in [-0.2, -0.15) is 0 Å². The van der Waals surface area contributed by atoms with Gasteiger partial charge in [0.1, 0.15) is 5.76 Å². The Morgan fingerprint density at radius 2 is 1.97 bits per heavy atom. The molecule has 7 nitrogen and oxygen atoms in total. The van der Waals surface area contributed by atoms with Gasteiger partial charge in [-0.05, 0) is 24.1 Å². The van der Waals surface area contributed by atoms with Crippen LogP contribution in [-0.4, -0.2) is 23.9 Å². The number of oxazole rings is 1. The molecule has 2 aromatic rings. The molecule has 0 spiro atoms. The van der Waals surface area contributed by atoms with Crippen LogP contribution in [0, 0.1) is 5.92 Å². The van der Waals surface area contributed by atoms with Crippen LogP contribution in [0.5, 0.6) is 0 Å². The zero-order chi connectivity index (χ0) is 21.4. The van der Waals surface area contributed by atoms with Gasteiger partial charge in [0, 0.05) is 30.6 Å². The lowest BCUT2D eigenvalue weighted by Gasteiger charge is -2.14. The second-order valence-electron chi connectivity index (χ2n) is 8.15. The topological polar surface area (TPSA) is 91.5 Å². The van der Waals surface area contributed by atoms with Crippen LogP contribution in [0.3, 0.4) is 0 Å². The Labute approximate surface area is 173 Å². The normalized spacial score (nSPS) is 13.1. The number of hydrogen-bond donors (Lipinski definition) is 3. The highest BCUT2D eigenvalue weighted by atomic mass is 16.4. The Morgan fingerprint density at radius 3 is 2.59 bits per heavy atom. The zero-order valence-corrected chi connectivity index (χ0v) is 18.3. The van der Waals surface area contributed by atoms with Crippen molar-refractivity contribution in [2.45, 2.75) is 59.5 Å². The first-order chi connectivity index (χ1) is 13.7. The van der Waals surface area contributed by atoms with Gasteiger partial charge in [-0.1, -0.05) is 46.8 Å². The van der Waals surface area contributed by atoms with Crippen LogP contribution in [0.4, 0.5) is 5.69 Å². The predicted octanol–water partition coefficient (Wildman–Crippen LogP) is 3.82. The second-order valence-corrected chi connectivity index (χ2v) is 8.15. The molecule has 0 aliphatic rings. The van der Waals surface area contributed by atoms with Crippen LogP contribution in [0.1, 0.15) is 58.3 Å². The van der Waals surface area contributed by atoms with Crippen molar-refractivity contribution < 1.29 is 9.21 Å². The van der Waals surface area contributed by atoms with Crippen molar-refractivity contribution in [3.05, 3.63) is 47.7 Å². The molecule has 1 amide bonds. The van der Waals surface area contributed by atoms with E-state index in [1.165, 1.54) is 0 Å². The monoisotopic (exact) mass is 399 g/mol. The number of carbonyl (C=O) groups excluding carboxylic acids is 1. The van der Waals surface area contributed by atoms with Crippen molar-refractivity contribution in [1.82, 2.24) is 15.6 Å². The molecular formula is C22H33N5O2. The number of amides is 1. The van der Waals surface area contributed by atoms with Crippen LogP contribution < -0.4 is 16.0 Å². The number of carbonyl (C=O) groups is 1. The maximum absolute atomic E-state index is 12.1. The van der Waals surface area contributed by atoms with Crippen LogP contribution in [0.25, 0.3) is 0 Å². The Kier molecular flexibility index (Phi) is 7.82. The smallest absolute Gasteiger partial charge is 0.227 e. The highest BCUT2D eigenvalue weighted by Gasteiger charge is 2.19. The van der Waals surface area contributed by atoms with E-state index in [9.17, 15) is 4.79 Å². The largest absolute Gasteiger partial charge is 0.443 e. The molecule has 1 aromatic carbocycles. The van der Waals surface area contributed by atoms with Gasteiger partial charge in [0.15, 0.2) is 5.96 Å². The molecule has 0 fully saturated rings. The summed E-state index contributed by atoms with van der Waals surface area (Å²) >= 11 is 0. The summed E-state index contributed by atoms with van der Waals surface area (Å²) in [7, 11) is 1.72. The van der Waals surface area contributed by atoms with E-state index < -0.39 is 0 Å². The van der Waals surface area contributed by atoms with Gasteiger partial charge >= 0.3 is 0 Å². The second kappa shape index (κ2) is 10.1. The molecule has 2 rings (SSSR count). The number of nitrogens with one attached hydrogen (secondary N) is 3. The highest BCUT2D eigenvalue weighted by Crippen LogP contribution is 2.22. The van der Waals surface area contributed by atoms with Crippen molar-refractivity contribution in [1.29, 1.82) is 0 Å². The summed E-state index contributed by atoms with van der Waals surface area (Å²) in [6.07, 6.45) is 2.59. The quantitative estimate of drug-likeness (QED) is 0.486. The number of rotatable bonds is 7. The maximum atomic E-state index is 12.1. The summed E-state index contributed by atoms with van der Waals surface area (Å²) in [6, 6.07) is 7.79. The van der Waals surface area contributed by atoms with E-state index in [0.717, 1.165) is 23.4 Å². The van der Waals surface area contributed by atoms with E-state index in [0.29, 0.717) is 24.9 Å². The van der Waals surface area contributed by atoms with E-state index in [1.807, 2.05) is 38.1 Å². The third kappa shape index (κ3) is 6.93. The number of aliphatic imine (C=N–C) groups is 1. The first kappa shape index (κ1) is 22.5. The number of nitrogens with zero attached hydrogens (tertiary/aromatic N) is 2. The van der Waals surface area contributed by atoms with Crippen molar-refractivity contribution in [3.8, 4) is 0 Å². The van der Waals surface area contributed by atoms with Gasteiger partial charge in [-0.15, -0.1) is 0 Å². The average Bonchev–Trinajstić information content (AvgIpc) is 3.17. The van der Waals surface area contributed by atoms with Crippen molar-refractivity contribution in [2.24, 2.45) is 10.9 Å². The van der Waals surface area contributed by atoms with Crippen molar-refractivity contribution in [3.63, 3.8) is 0 Å². The zero-order valence-electron chi connectivity index (χ0n) is 18.3. The van der Waals surface area contributed by atoms with Crippen LogP contribution in [0.2, 0.25) is 0 Å². The third-order valence-corrected chi connectivity index (χ3v) is 4.64. The molecule has 7 heteroatoms. The van der Waals surface area contributed by atoms with E-state index in [4.69, 9.17) is 4.42 Å².